The van der Waals surface area contributed by atoms with E-state index in [-0.39, 0.29) is 24.2 Å². The van der Waals surface area contributed by atoms with Gasteiger partial charge in [0.05, 0.1) is 11.9 Å². The lowest BCUT2D eigenvalue weighted by atomic mass is 9.86. The molecule has 7 nitrogen and oxygen atoms in total. The summed E-state index contributed by atoms with van der Waals surface area (Å²) in [5, 5.41) is 7.54. The summed E-state index contributed by atoms with van der Waals surface area (Å²) in [6.45, 7) is 9.26. The normalized spacial score (nSPS) is 12.4. The number of carbonyl (C=O) groups is 3. The van der Waals surface area contributed by atoms with Gasteiger partial charge in [0.1, 0.15) is 6.04 Å². The molecule has 0 aliphatic rings. The number of amides is 4. The third kappa shape index (κ3) is 6.76. The van der Waals surface area contributed by atoms with Gasteiger partial charge in [-0.3, -0.25) is 19.9 Å². The van der Waals surface area contributed by atoms with Gasteiger partial charge in [0.2, 0.25) is 11.8 Å². The first kappa shape index (κ1) is 19.6. The fraction of sp³-hybridized carbons (Fsp3) is 0.529. The van der Waals surface area contributed by atoms with Gasteiger partial charge in [0, 0.05) is 12.6 Å². The second-order valence-corrected chi connectivity index (χ2v) is 7.15. The Morgan fingerprint density at radius 3 is 2.38 bits per heavy atom. The molecule has 0 radical (unpaired) electrons. The van der Waals surface area contributed by atoms with Crippen LogP contribution in [0.2, 0.25) is 0 Å². The molecule has 7 heteroatoms. The zero-order chi connectivity index (χ0) is 18.3. The number of nitrogens with one attached hydrogen (secondary N) is 3. The molecule has 0 bridgehead atoms. The number of pyridine rings is 1. The second kappa shape index (κ2) is 8.42. The Balaban J connectivity index is 2.74. The minimum absolute atomic E-state index is 0.144. The van der Waals surface area contributed by atoms with Crippen molar-refractivity contribution < 1.29 is 14.4 Å². The highest BCUT2D eigenvalue weighted by Crippen LogP contribution is 2.20. The van der Waals surface area contributed by atoms with Gasteiger partial charge in [-0.2, -0.15) is 0 Å². The zero-order valence-electron chi connectivity index (χ0n) is 14.8. The molecule has 1 atom stereocenters. The van der Waals surface area contributed by atoms with E-state index in [0.29, 0.717) is 5.69 Å². The van der Waals surface area contributed by atoms with Crippen molar-refractivity contribution in [1.29, 1.82) is 0 Å². The minimum atomic E-state index is -0.815. The van der Waals surface area contributed by atoms with E-state index in [1.54, 1.807) is 18.3 Å². The standard InChI is InChI=1S/C17H26N4O3/c1-11(2)9-13(22)20-16(24)21-14(17(3,4)5)15(23)19-12-7-6-8-18-10-12/h6-8,10-11,14H,9H2,1-5H3,(H,19,23)(H2,20,21,22,24)/t14-/m1/s1. The Labute approximate surface area is 142 Å². The third-order valence-electron chi connectivity index (χ3n) is 3.18. The molecule has 0 aromatic carbocycles. The van der Waals surface area contributed by atoms with Crippen molar-refractivity contribution in [3.8, 4) is 0 Å². The van der Waals surface area contributed by atoms with E-state index in [1.165, 1.54) is 6.20 Å². The molecule has 1 aromatic heterocycles. The predicted molar refractivity (Wildman–Crippen MR) is 92.2 cm³/mol. The van der Waals surface area contributed by atoms with E-state index < -0.39 is 17.5 Å². The Kier molecular flexibility index (Phi) is 6.88. The molecule has 0 spiro atoms. The molecule has 1 aromatic rings. The second-order valence-electron chi connectivity index (χ2n) is 7.15. The molecule has 1 rings (SSSR count). The molecule has 3 N–H and O–H groups in total. The number of hydrogen-bond donors (Lipinski definition) is 3. The zero-order valence-corrected chi connectivity index (χ0v) is 14.8. The molecule has 132 valence electrons. The van der Waals surface area contributed by atoms with E-state index in [1.807, 2.05) is 34.6 Å². The molecule has 4 amide bonds. The monoisotopic (exact) mass is 334 g/mol. The van der Waals surface area contributed by atoms with Gasteiger partial charge in [-0.25, -0.2) is 4.79 Å². The van der Waals surface area contributed by atoms with E-state index >= 15 is 0 Å². The van der Waals surface area contributed by atoms with Crippen molar-refractivity contribution in [3.63, 3.8) is 0 Å². The Bertz CT molecular complexity index is 579. The average Bonchev–Trinajstić information content (AvgIpc) is 2.43. The number of hydrogen-bond acceptors (Lipinski definition) is 4. The first-order chi connectivity index (χ1) is 11.1. The van der Waals surface area contributed by atoms with Gasteiger partial charge in [0.15, 0.2) is 0 Å². The van der Waals surface area contributed by atoms with Crippen LogP contribution in [0.3, 0.4) is 0 Å². The molecule has 0 saturated carbocycles. The smallest absolute Gasteiger partial charge is 0.322 e. The molecular weight excluding hydrogens is 308 g/mol. The van der Waals surface area contributed by atoms with Crippen LogP contribution >= 0.6 is 0 Å². The van der Waals surface area contributed by atoms with E-state index in [4.69, 9.17) is 0 Å². The third-order valence-corrected chi connectivity index (χ3v) is 3.18. The number of carbonyl (C=O) groups excluding carboxylic acids is 3. The maximum Gasteiger partial charge on any atom is 0.322 e. The Morgan fingerprint density at radius 2 is 1.88 bits per heavy atom. The maximum atomic E-state index is 12.5. The van der Waals surface area contributed by atoms with Crippen molar-refractivity contribution in [1.82, 2.24) is 15.6 Å². The lowest BCUT2D eigenvalue weighted by Gasteiger charge is -2.30. The van der Waals surface area contributed by atoms with Crippen molar-refractivity contribution in [2.45, 2.75) is 47.1 Å². The topological polar surface area (TPSA) is 100 Å². The molecule has 0 fully saturated rings. The number of rotatable bonds is 5. The summed E-state index contributed by atoms with van der Waals surface area (Å²) < 4.78 is 0. The average molecular weight is 334 g/mol. The summed E-state index contributed by atoms with van der Waals surface area (Å²) in [6, 6.07) is 1.91. The van der Waals surface area contributed by atoms with E-state index in [2.05, 4.69) is 20.9 Å². The maximum absolute atomic E-state index is 12.5. The highest BCUT2D eigenvalue weighted by molar-refractivity contribution is 6.00. The van der Waals surface area contributed by atoms with Crippen LogP contribution in [0.25, 0.3) is 0 Å². The molecule has 0 unspecified atom stereocenters. The van der Waals surface area contributed by atoms with Crippen LogP contribution in [0.15, 0.2) is 24.5 Å². The number of nitrogens with zero attached hydrogens (tertiary/aromatic N) is 1. The van der Waals surface area contributed by atoms with Crippen LogP contribution in [0.4, 0.5) is 10.5 Å². The fourth-order valence-corrected chi connectivity index (χ4v) is 2.04. The van der Waals surface area contributed by atoms with Crippen molar-refractivity contribution in [2.24, 2.45) is 11.3 Å². The van der Waals surface area contributed by atoms with Gasteiger partial charge in [0.25, 0.3) is 0 Å². The quantitative estimate of drug-likeness (QED) is 0.769. The van der Waals surface area contributed by atoms with Crippen LogP contribution in [0.5, 0.6) is 0 Å². The van der Waals surface area contributed by atoms with Crippen LogP contribution in [0.1, 0.15) is 41.0 Å². The first-order valence-corrected chi connectivity index (χ1v) is 7.91. The highest BCUT2D eigenvalue weighted by atomic mass is 16.2. The Morgan fingerprint density at radius 1 is 1.21 bits per heavy atom. The molecule has 0 saturated heterocycles. The summed E-state index contributed by atoms with van der Waals surface area (Å²) in [5.41, 5.74) is -0.0000853. The van der Waals surface area contributed by atoms with Crippen LogP contribution in [-0.2, 0) is 9.59 Å². The van der Waals surface area contributed by atoms with Gasteiger partial charge in [-0.1, -0.05) is 34.6 Å². The number of anilines is 1. The van der Waals surface area contributed by atoms with E-state index in [0.717, 1.165) is 0 Å². The lowest BCUT2D eigenvalue weighted by molar-refractivity contribution is -0.122. The van der Waals surface area contributed by atoms with Crippen LogP contribution in [-0.4, -0.2) is 28.9 Å². The van der Waals surface area contributed by atoms with Crippen molar-refractivity contribution in [3.05, 3.63) is 24.5 Å². The number of aromatic nitrogens is 1. The lowest BCUT2D eigenvalue weighted by Crippen LogP contribution is -2.55. The largest absolute Gasteiger partial charge is 0.325 e. The van der Waals surface area contributed by atoms with Crippen LogP contribution < -0.4 is 16.0 Å². The van der Waals surface area contributed by atoms with Crippen molar-refractivity contribution in [2.75, 3.05) is 5.32 Å². The summed E-state index contributed by atoms with van der Waals surface area (Å²) in [7, 11) is 0. The molecule has 0 aliphatic heterocycles. The van der Waals surface area contributed by atoms with E-state index in [9.17, 15) is 14.4 Å². The van der Waals surface area contributed by atoms with Gasteiger partial charge < -0.3 is 10.6 Å². The number of urea groups is 1. The Hall–Kier alpha value is -2.44. The summed E-state index contributed by atoms with van der Waals surface area (Å²) in [5.74, 6) is -0.602. The molecule has 1 heterocycles. The number of imide groups is 1. The fourth-order valence-electron chi connectivity index (χ4n) is 2.04. The SMILES string of the molecule is CC(C)CC(=O)NC(=O)N[C@H](C(=O)Nc1cccnc1)C(C)(C)C. The molecule has 24 heavy (non-hydrogen) atoms. The summed E-state index contributed by atoms with van der Waals surface area (Å²) in [6.07, 6.45) is 3.36. The first-order valence-electron chi connectivity index (χ1n) is 7.91. The van der Waals surface area contributed by atoms with Crippen molar-refractivity contribution >= 4 is 23.5 Å². The summed E-state index contributed by atoms with van der Waals surface area (Å²) in [4.78, 5) is 40.1. The van der Waals surface area contributed by atoms with Gasteiger partial charge in [-0.05, 0) is 23.5 Å². The molecular formula is C17H26N4O3. The predicted octanol–water partition coefficient (Wildman–Crippen LogP) is 2.31. The molecule has 0 aliphatic carbocycles. The highest BCUT2D eigenvalue weighted by Gasteiger charge is 2.33. The van der Waals surface area contributed by atoms with Crippen LogP contribution in [0, 0.1) is 11.3 Å². The van der Waals surface area contributed by atoms with Gasteiger partial charge >= 0.3 is 6.03 Å². The van der Waals surface area contributed by atoms with Gasteiger partial charge in [-0.15, -0.1) is 0 Å². The minimum Gasteiger partial charge on any atom is -0.325 e. The summed E-state index contributed by atoms with van der Waals surface area (Å²) >= 11 is 0.